The lowest BCUT2D eigenvalue weighted by molar-refractivity contribution is 0.102. The Morgan fingerprint density at radius 3 is 2.48 bits per heavy atom. The van der Waals surface area contributed by atoms with Crippen LogP contribution in [-0.2, 0) is 0 Å². The van der Waals surface area contributed by atoms with Crippen molar-refractivity contribution in [3.63, 3.8) is 0 Å². The van der Waals surface area contributed by atoms with E-state index in [9.17, 15) is 4.79 Å². The van der Waals surface area contributed by atoms with E-state index in [0.717, 1.165) is 16.8 Å². The molecule has 1 aromatic carbocycles. The number of aromatic amines is 1. The summed E-state index contributed by atoms with van der Waals surface area (Å²) < 4.78 is 5.43. The summed E-state index contributed by atoms with van der Waals surface area (Å²) >= 11 is 0. The molecule has 0 aliphatic carbocycles. The minimum Gasteiger partial charge on any atom is -0.496 e. The minimum atomic E-state index is -0.293. The van der Waals surface area contributed by atoms with E-state index in [1.165, 1.54) is 6.33 Å². The second kappa shape index (κ2) is 6.72. The van der Waals surface area contributed by atoms with Crippen LogP contribution in [0.25, 0.3) is 11.1 Å². The summed E-state index contributed by atoms with van der Waals surface area (Å²) in [4.78, 5) is 20.9. The van der Waals surface area contributed by atoms with E-state index >= 15 is 0 Å². The molecule has 2 N–H and O–H groups in total. The summed E-state index contributed by atoms with van der Waals surface area (Å²) in [5, 5.41) is 10.0. The van der Waals surface area contributed by atoms with Crippen LogP contribution in [0.4, 0.5) is 5.82 Å². The number of ether oxygens (including phenoxy) is 1. The van der Waals surface area contributed by atoms with Crippen LogP contribution in [0.3, 0.4) is 0 Å². The van der Waals surface area contributed by atoms with Crippen LogP contribution in [0.15, 0.2) is 30.6 Å². The Hall–Kier alpha value is -3.22. The molecule has 25 heavy (non-hydrogen) atoms. The summed E-state index contributed by atoms with van der Waals surface area (Å²) in [5.41, 5.74) is 4.17. The predicted molar refractivity (Wildman–Crippen MR) is 94.8 cm³/mol. The van der Waals surface area contributed by atoms with Crippen LogP contribution in [-0.4, -0.2) is 33.2 Å². The fourth-order valence-corrected chi connectivity index (χ4v) is 2.79. The highest BCUT2D eigenvalue weighted by atomic mass is 16.5. The lowest BCUT2D eigenvalue weighted by Crippen LogP contribution is -2.17. The van der Waals surface area contributed by atoms with Crippen LogP contribution in [0, 0.1) is 20.8 Å². The number of aryl methyl sites for hydroxylation is 3. The molecule has 7 nitrogen and oxygen atoms in total. The number of para-hydroxylation sites is 1. The summed E-state index contributed by atoms with van der Waals surface area (Å²) in [5.74, 6) is 0.853. The van der Waals surface area contributed by atoms with Crippen molar-refractivity contribution in [2.24, 2.45) is 0 Å². The van der Waals surface area contributed by atoms with Crippen molar-refractivity contribution < 1.29 is 9.53 Å². The van der Waals surface area contributed by atoms with Crippen molar-refractivity contribution in [3.8, 4) is 16.9 Å². The van der Waals surface area contributed by atoms with E-state index in [2.05, 4.69) is 25.5 Å². The SMILES string of the molecule is COc1ccccc1-c1c(NC(=O)c2c(C)ncnc2C)n[nH]c1C. The van der Waals surface area contributed by atoms with Crippen molar-refractivity contribution in [1.29, 1.82) is 0 Å². The van der Waals surface area contributed by atoms with Gasteiger partial charge in [0.1, 0.15) is 12.1 Å². The number of anilines is 1. The molecule has 0 aliphatic rings. The van der Waals surface area contributed by atoms with Crippen molar-refractivity contribution in [1.82, 2.24) is 20.2 Å². The zero-order chi connectivity index (χ0) is 18.0. The number of nitrogens with one attached hydrogen (secondary N) is 2. The average molecular weight is 337 g/mol. The molecule has 128 valence electrons. The lowest BCUT2D eigenvalue weighted by Gasteiger charge is -2.11. The number of methoxy groups -OCH3 is 1. The van der Waals surface area contributed by atoms with Gasteiger partial charge in [0.25, 0.3) is 5.91 Å². The maximum Gasteiger partial charge on any atom is 0.260 e. The normalized spacial score (nSPS) is 10.6. The van der Waals surface area contributed by atoms with Gasteiger partial charge in [0.15, 0.2) is 5.82 Å². The topological polar surface area (TPSA) is 92.8 Å². The molecule has 2 aromatic heterocycles. The standard InChI is InChI=1S/C18H19N5O2/c1-10-15(11(2)20-9-19-10)18(24)21-17-16(12(3)22-23-17)13-7-5-6-8-14(13)25-4/h5-9H,1-4H3,(H2,21,22,23,24). The molecule has 0 saturated heterocycles. The van der Waals surface area contributed by atoms with E-state index in [1.54, 1.807) is 21.0 Å². The first-order valence-electron chi connectivity index (χ1n) is 7.80. The third-order valence-corrected chi connectivity index (χ3v) is 4.01. The van der Waals surface area contributed by atoms with Crippen LogP contribution in [0.5, 0.6) is 5.75 Å². The van der Waals surface area contributed by atoms with Gasteiger partial charge in [-0.25, -0.2) is 9.97 Å². The maximum atomic E-state index is 12.7. The van der Waals surface area contributed by atoms with E-state index in [0.29, 0.717) is 28.5 Å². The van der Waals surface area contributed by atoms with Gasteiger partial charge in [0.2, 0.25) is 0 Å². The van der Waals surface area contributed by atoms with Crippen molar-refractivity contribution in [2.75, 3.05) is 12.4 Å². The van der Waals surface area contributed by atoms with Gasteiger partial charge in [-0.2, -0.15) is 5.10 Å². The van der Waals surface area contributed by atoms with E-state index in [-0.39, 0.29) is 5.91 Å². The molecule has 0 radical (unpaired) electrons. The molecular weight excluding hydrogens is 318 g/mol. The Kier molecular flexibility index (Phi) is 4.47. The number of nitrogens with zero attached hydrogens (tertiary/aromatic N) is 3. The Balaban J connectivity index is 2.02. The first-order valence-corrected chi connectivity index (χ1v) is 7.80. The highest BCUT2D eigenvalue weighted by molar-refractivity contribution is 6.07. The van der Waals surface area contributed by atoms with Crippen LogP contribution < -0.4 is 10.1 Å². The second-order valence-electron chi connectivity index (χ2n) is 5.65. The molecule has 3 aromatic rings. The van der Waals surface area contributed by atoms with E-state index in [1.807, 2.05) is 31.2 Å². The van der Waals surface area contributed by atoms with Crippen LogP contribution in [0.1, 0.15) is 27.4 Å². The first kappa shape index (κ1) is 16.6. The number of rotatable bonds is 4. The van der Waals surface area contributed by atoms with Gasteiger partial charge in [-0.05, 0) is 26.8 Å². The highest BCUT2D eigenvalue weighted by Gasteiger charge is 2.20. The zero-order valence-electron chi connectivity index (χ0n) is 14.5. The zero-order valence-corrected chi connectivity index (χ0v) is 14.5. The fraction of sp³-hybridized carbons (Fsp3) is 0.222. The van der Waals surface area contributed by atoms with Gasteiger partial charge in [0.05, 0.1) is 29.6 Å². The number of hydrogen-bond donors (Lipinski definition) is 2. The van der Waals surface area contributed by atoms with Crippen LogP contribution >= 0.6 is 0 Å². The maximum absolute atomic E-state index is 12.7. The number of aromatic nitrogens is 4. The number of amides is 1. The van der Waals surface area contributed by atoms with E-state index < -0.39 is 0 Å². The van der Waals surface area contributed by atoms with Gasteiger partial charge in [0, 0.05) is 11.3 Å². The molecule has 7 heteroatoms. The molecule has 0 aliphatic heterocycles. The summed E-state index contributed by atoms with van der Waals surface area (Å²) in [7, 11) is 1.61. The average Bonchev–Trinajstić information content (AvgIpc) is 2.95. The Morgan fingerprint density at radius 1 is 1.12 bits per heavy atom. The second-order valence-corrected chi connectivity index (χ2v) is 5.65. The number of carbonyl (C=O) groups is 1. The molecule has 2 heterocycles. The largest absolute Gasteiger partial charge is 0.496 e. The van der Waals surface area contributed by atoms with Gasteiger partial charge in [-0.1, -0.05) is 18.2 Å². The van der Waals surface area contributed by atoms with Gasteiger partial charge in [-0.3, -0.25) is 9.89 Å². The molecule has 3 rings (SSSR count). The molecule has 0 saturated carbocycles. The number of hydrogen-bond acceptors (Lipinski definition) is 5. The Morgan fingerprint density at radius 2 is 1.80 bits per heavy atom. The molecule has 0 unspecified atom stereocenters. The molecule has 0 fully saturated rings. The number of carbonyl (C=O) groups excluding carboxylic acids is 1. The predicted octanol–water partition coefficient (Wildman–Crippen LogP) is 3.05. The number of benzene rings is 1. The first-order chi connectivity index (χ1) is 12.0. The smallest absolute Gasteiger partial charge is 0.260 e. The molecular formula is C18H19N5O2. The van der Waals surface area contributed by atoms with Crippen molar-refractivity contribution in [3.05, 3.63) is 53.2 Å². The van der Waals surface area contributed by atoms with Gasteiger partial charge < -0.3 is 10.1 Å². The minimum absolute atomic E-state index is 0.293. The summed E-state index contributed by atoms with van der Waals surface area (Å²) in [6, 6.07) is 7.60. The monoisotopic (exact) mass is 337 g/mol. The Bertz CT molecular complexity index is 913. The third-order valence-electron chi connectivity index (χ3n) is 4.01. The summed E-state index contributed by atoms with van der Waals surface area (Å²) in [6.45, 7) is 5.45. The fourth-order valence-electron chi connectivity index (χ4n) is 2.79. The summed E-state index contributed by atoms with van der Waals surface area (Å²) in [6.07, 6.45) is 1.44. The van der Waals surface area contributed by atoms with Crippen LogP contribution in [0.2, 0.25) is 0 Å². The van der Waals surface area contributed by atoms with Crippen molar-refractivity contribution >= 4 is 11.7 Å². The molecule has 1 amide bonds. The number of H-pyrrole nitrogens is 1. The molecule has 0 atom stereocenters. The molecule has 0 bridgehead atoms. The quantitative estimate of drug-likeness (QED) is 0.763. The highest BCUT2D eigenvalue weighted by Crippen LogP contribution is 2.36. The Labute approximate surface area is 145 Å². The van der Waals surface area contributed by atoms with Gasteiger partial charge in [-0.15, -0.1) is 0 Å². The van der Waals surface area contributed by atoms with Crippen molar-refractivity contribution in [2.45, 2.75) is 20.8 Å². The van der Waals surface area contributed by atoms with E-state index in [4.69, 9.17) is 4.74 Å². The lowest BCUT2D eigenvalue weighted by atomic mass is 10.0. The third kappa shape index (κ3) is 3.08. The molecule has 0 spiro atoms. The van der Waals surface area contributed by atoms with Gasteiger partial charge >= 0.3 is 0 Å².